The van der Waals surface area contributed by atoms with Crippen LogP contribution in [0.25, 0.3) is 0 Å². The number of hydrogen-bond acceptors (Lipinski definition) is 6. The third-order valence-corrected chi connectivity index (χ3v) is 4.25. The minimum Gasteiger partial charge on any atom is -0.507 e. The van der Waals surface area contributed by atoms with Gasteiger partial charge in [0.05, 0.1) is 24.3 Å². The van der Waals surface area contributed by atoms with E-state index in [9.17, 15) is 19.8 Å². The summed E-state index contributed by atoms with van der Waals surface area (Å²) < 4.78 is 10.9. The van der Waals surface area contributed by atoms with Crippen molar-refractivity contribution in [2.24, 2.45) is 0 Å². The summed E-state index contributed by atoms with van der Waals surface area (Å²) in [6.07, 6.45) is 3.73. The molecule has 0 radical (unpaired) electrons. The van der Waals surface area contributed by atoms with Gasteiger partial charge >= 0.3 is 0 Å². The zero-order chi connectivity index (χ0) is 21.9. The second kappa shape index (κ2) is 11.5. The SMILES string of the molecule is CCCCOc1ccc(C(=O)NNC(=O)c2ccc(OCCCC)cc2O)c(O)c1. The van der Waals surface area contributed by atoms with Crippen LogP contribution in [0.2, 0.25) is 0 Å². The highest BCUT2D eigenvalue weighted by molar-refractivity contribution is 6.01. The third-order valence-electron chi connectivity index (χ3n) is 4.25. The number of carbonyl (C=O) groups is 2. The molecular weight excluding hydrogens is 388 g/mol. The fraction of sp³-hybridized carbons (Fsp3) is 0.364. The predicted octanol–water partition coefficient (Wildman–Crippen LogP) is 3.53. The average Bonchev–Trinajstić information content (AvgIpc) is 2.72. The molecule has 0 fully saturated rings. The van der Waals surface area contributed by atoms with Gasteiger partial charge in [-0.25, -0.2) is 0 Å². The van der Waals surface area contributed by atoms with Gasteiger partial charge in [0.25, 0.3) is 11.8 Å². The molecule has 0 aliphatic carbocycles. The van der Waals surface area contributed by atoms with Gasteiger partial charge in [0, 0.05) is 12.1 Å². The topological polar surface area (TPSA) is 117 Å². The first-order valence-electron chi connectivity index (χ1n) is 9.98. The van der Waals surface area contributed by atoms with E-state index in [1.54, 1.807) is 12.1 Å². The quantitative estimate of drug-likeness (QED) is 0.348. The highest BCUT2D eigenvalue weighted by Crippen LogP contribution is 2.25. The lowest BCUT2D eigenvalue weighted by atomic mass is 10.1. The molecule has 0 saturated carbocycles. The Labute approximate surface area is 175 Å². The van der Waals surface area contributed by atoms with Gasteiger partial charge in [-0.15, -0.1) is 0 Å². The van der Waals surface area contributed by atoms with E-state index >= 15 is 0 Å². The first kappa shape index (κ1) is 22.9. The maximum Gasteiger partial charge on any atom is 0.273 e. The van der Waals surface area contributed by atoms with Crippen LogP contribution in [-0.4, -0.2) is 35.2 Å². The monoisotopic (exact) mass is 416 g/mol. The van der Waals surface area contributed by atoms with Crippen LogP contribution in [0.1, 0.15) is 60.2 Å². The lowest BCUT2D eigenvalue weighted by molar-refractivity contribution is 0.0843. The van der Waals surface area contributed by atoms with Crippen molar-refractivity contribution in [1.82, 2.24) is 10.9 Å². The molecule has 30 heavy (non-hydrogen) atoms. The molecule has 0 heterocycles. The number of unbranched alkanes of at least 4 members (excludes halogenated alkanes) is 2. The van der Waals surface area contributed by atoms with Crippen LogP contribution in [0.15, 0.2) is 36.4 Å². The average molecular weight is 416 g/mol. The van der Waals surface area contributed by atoms with Crippen molar-refractivity contribution in [2.45, 2.75) is 39.5 Å². The molecule has 0 aliphatic heterocycles. The van der Waals surface area contributed by atoms with E-state index in [2.05, 4.69) is 10.9 Å². The minimum absolute atomic E-state index is 0.0259. The van der Waals surface area contributed by atoms with E-state index < -0.39 is 11.8 Å². The molecule has 162 valence electrons. The number of hydrazine groups is 1. The van der Waals surface area contributed by atoms with Crippen molar-refractivity contribution in [2.75, 3.05) is 13.2 Å². The van der Waals surface area contributed by atoms with Crippen LogP contribution >= 0.6 is 0 Å². The molecule has 0 aliphatic rings. The van der Waals surface area contributed by atoms with Crippen molar-refractivity contribution in [3.8, 4) is 23.0 Å². The second-order valence-corrected chi connectivity index (χ2v) is 6.67. The number of ether oxygens (including phenoxy) is 2. The van der Waals surface area contributed by atoms with E-state index in [-0.39, 0.29) is 22.6 Å². The van der Waals surface area contributed by atoms with E-state index in [0.717, 1.165) is 25.7 Å². The van der Waals surface area contributed by atoms with Crippen LogP contribution in [-0.2, 0) is 0 Å². The third kappa shape index (κ3) is 6.58. The molecule has 0 spiro atoms. The number of phenols is 2. The summed E-state index contributed by atoms with van der Waals surface area (Å²) >= 11 is 0. The van der Waals surface area contributed by atoms with E-state index in [1.165, 1.54) is 24.3 Å². The Kier molecular flexibility index (Phi) is 8.80. The smallest absolute Gasteiger partial charge is 0.273 e. The predicted molar refractivity (Wildman–Crippen MR) is 112 cm³/mol. The van der Waals surface area contributed by atoms with Gasteiger partial charge in [-0.1, -0.05) is 26.7 Å². The van der Waals surface area contributed by atoms with Gasteiger partial charge in [-0.3, -0.25) is 20.4 Å². The summed E-state index contributed by atoms with van der Waals surface area (Å²) in [4.78, 5) is 24.5. The molecule has 0 bridgehead atoms. The molecule has 2 rings (SSSR count). The first-order chi connectivity index (χ1) is 14.5. The zero-order valence-corrected chi connectivity index (χ0v) is 17.2. The summed E-state index contributed by atoms with van der Waals surface area (Å²) in [5.74, 6) is -1.06. The Morgan fingerprint density at radius 1 is 0.767 bits per heavy atom. The fourth-order valence-electron chi connectivity index (χ4n) is 2.50. The molecule has 4 N–H and O–H groups in total. The molecule has 0 atom stereocenters. The molecular formula is C22H28N2O6. The van der Waals surface area contributed by atoms with Gasteiger partial charge in [0.2, 0.25) is 0 Å². The molecule has 8 nitrogen and oxygen atoms in total. The van der Waals surface area contributed by atoms with Crippen molar-refractivity contribution >= 4 is 11.8 Å². The molecule has 2 aromatic rings. The summed E-state index contributed by atoms with van der Waals surface area (Å²) in [6.45, 7) is 5.11. The van der Waals surface area contributed by atoms with Crippen LogP contribution in [0.5, 0.6) is 23.0 Å². The largest absolute Gasteiger partial charge is 0.507 e. The normalized spacial score (nSPS) is 10.3. The standard InChI is InChI=1S/C22H28N2O6/c1-3-5-11-29-15-7-9-17(19(25)13-15)21(27)23-24-22(28)18-10-8-16(14-20(18)26)30-12-6-4-2/h7-10,13-14,25-26H,3-6,11-12H2,1-2H3,(H,23,27)(H,24,28). The molecule has 0 unspecified atom stereocenters. The fourth-order valence-corrected chi connectivity index (χ4v) is 2.50. The maximum atomic E-state index is 12.2. The Bertz CT molecular complexity index is 797. The number of benzene rings is 2. The van der Waals surface area contributed by atoms with Gasteiger partial charge < -0.3 is 19.7 Å². The van der Waals surface area contributed by atoms with Crippen LogP contribution in [0.3, 0.4) is 0 Å². The van der Waals surface area contributed by atoms with Gasteiger partial charge in [-0.2, -0.15) is 0 Å². The van der Waals surface area contributed by atoms with Crippen LogP contribution < -0.4 is 20.3 Å². The minimum atomic E-state index is -0.708. The van der Waals surface area contributed by atoms with Crippen molar-refractivity contribution in [3.63, 3.8) is 0 Å². The first-order valence-corrected chi connectivity index (χ1v) is 9.98. The van der Waals surface area contributed by atoms with Crippen LogP contribution in [0, 0.1) is 0 Å². The Morgan fingerprint density at radius 3 is 1.50 bits per heavy atom. The van der Waals surface area contributed by atoms with E-state index in [1.807, 2.05) is 13.8 Å². The number of phenolic OH excluding ortho intramolecular Hbond substituents is 2. The van der Waals surface area contributed by atoms with Gasteiger partial charge in [0.1, 0.15) is 23.0 Å². The van der Waals surface area contributed by atoms with Crippen molar-refractivity contribution < 1.29 is 29.3 Å². The van der Waals surface area contributed by atoms with E-state index in [0.29, 0.717) is 24.7 Å². The summed E-state index contributed by atoms with van der Waals surface area (Å²) in [7, 11) is 0. The van der Waals surface area contributed by atoms with Crippen molar-refractivity contribution in [1.29, 1.82) is 0 Å². The molecule has 0 aromatic heterocycles. The second-order valence-electron chi connectivity index (χ2n) is 6.67. The van der Waals surface area contributed by atoms with Gasteiger partial charge in [0.15, 0.2) is 0 Å². The number of aromatic hydroxyl groups is 2. The van der Waals surface area contributed by atoms with E-state index in [4.69, 9.17) is 9.47 Å². The lowest BCUT2D eigenvalue weighted by Crippen LogP contribution is -2.41. The lowest BCUT2D eigenvalue weighted by Gasteiger charge is -2.12. The number of rotatable bonds is 10. The Hall–Kier alpha value is -3.42. The molecule has 8 heteroatoms. The van der Waals surface area contributed by atoms with Crippen molar-refractivity contribution in [3.05, 3.63) is 47.5 Å². The Morgan fingerprint density at radius 2 is 1.17 bits per heavy atom. The Balaban J connectivity index is 1.93. The highest BCUT2D eigenvalue weighted by atomic mass is 16.5. The number of carbonyl (C=O) groups excluding carboxylic acids is 2. The molecule has 2 aromatic carbocycles. The zero-order valence-electron chi connectivity index (χ0n) is 17.2. The molecule has 0 saturated heterocycles. The number of nitrogens with one attached hydrogen (secondary N) is 2. The number of amides is 2. The van der Waals surface area contributed by atoms with Crippen LogP contribution in [0.4, 0.5) is 0 Å². The number of hydrogen-bond donors (Lipinski definition) is 4. The maximum absolute atomic E-state index is 12.2. The van der Waals surface area contributed by atoms with Gasteiger partial charge in [-0.05, 0) is 37.1 Å². The summed E-state index contributed by atoms with van der Waals surface area (Å²) in [6, 6.07) is 8.62. The summed E-state index contributed by atoms with van der Waals surface area (Å²) in [5.41, 5.74) is 4.37. The highest BCUT2D eigenvalue weighted by Gasteiger charge is 2.16. The molecule has 2 amide bonds. The summed E-state index contributed by atoms with van der Waals surface area (Å²) in [5, 5.41) is 20.1.